The van der Waals surface area contributed by atoms with Gasteiger partial charge < -0.3 is 0 Å². The molecule has 8 nitrogen and oxygen atoms in total. The van der Waals surface area contributed by atoms with Crippen molar-refractivity contribution in [1.82, 2.24) is 29.6 Å². The summed E-state index contributed by atoms with van der Waals surface area (Å²) in [6.07, 6.45) is 8.74. The average Bonchev–Trinajstić information content (AvgIpc) is 3.08. The monoisotopic (exact) mass is 315 g/mol. The van der Waals surface area contributed by atoms with Gasteiger partial charge in [0.2, 0.25) is 11.9 Å². The molecule has 1 aliphatic heterocycles. The smallest absolute Gasteiger partial charge is 0.243 e. The minimum atomic E-state index is -0.211. The molecule has 2 aromatic rings. The van der Waals surface area contributed by atoms with Crippen LogP contribution in [0.15, 0.2) is 31.1 Å². The summed E-state index contributed by atoms with van der Waals surface area (Å²) in [7, 11) is 0. The van der Waals surface area contributed by atoms with E-state index in [-0.39, 0.29) is 11.9 Å². The summed E-state index contributed by atoms with van der Waals surface area (Å²) in [5, 5.41) is 6.93. The number of aromatic nitrogens is 5. The number of rotatable bonds is 5. The number of nitrogens with zero attached hydrogens (tertiary/aromatic N) is 6. The van der Waals surface area contributed by atoms with E-state index in [0.717, 1.165) is 32.5 Å². The number of carbonyl (C=O) groups is 1. The van der Waals surface area contributed by atoms with Crippen LogP contribution in [0.4, 0.5) is 5.95 Å². The molecule has 3 heterocycles. The SMILES string of the molecule is CC(C(=O)Nc1ncccn1)N1CCCC(Cn2cncn2)C1. The third-order valence-electron chi connectivity index (χ3n) is 4.19. The van der Waals surface area contributed by atoms with Gasteiger partial charge >= 0.3 is 0 Å². The van der Waals surface area contributed by atoms with Crippen LogP contribution in [0.1, 0.15) is 19.8 Å². The molecule has 1 aliphatic rings. The molecule has 1 amide bonds. The summed E-state index contributed by atoms with van der Waals surface area (Å²) in [6.45, 7) is 4.57. The highest BCUT2D eigenvalue weighted by Crippen LogP contribution is 2.20. The van der Waals surface area contributed by atoms with Gasteiger partial charge in [-0.2, -0.15) is 5.10 Å². The summed E-state index contributed by atoms with van der Waals surface area (Å²) in [6, 6.07) is 1.51. The zero-order valence-corrected chi connectivity index (χ0v) is 13.2. The van der Waals surface area contributed by atoms with Crippen LogP contribution in [0.2, 0.25) is 0 Å². The van der Waals surface area contributed by atoms with Crippen LogP contribution >= 0.6 is 0 Å². The first-order valence-electron chi connectivity index (χ1n) is 7.86. The lowest BCUT2D eigenvalue weighted by molar-refractivity contribution is -0.121. The molecule has 23 heavy (non-hydrogen) atoms. The highest BCUT2D eigenvalue weighted by atomic mass is 16.2. The van der Waals surface area contributed by atoms with E-state index in [9.17, 15) is 4.79 Å². The Bertz CT molecular complexity index is 616. The van der Waals surface area contributed by atoms with Crippen LogP contribution in [0, 0.1) is 5.92 Å². The van der Waals surface area contributed by atoms with Crippen molar-refractivity contribution in [3.05, 3.63) is 31.1 Å². The molecule has 1 fully saturated rings. The molecule has 3 rings (SSSR count). The average molecular weight is 315 g/mol. The fraction of sp³-hybridized carbons (Fsp3) is 0.533. The molecule has 0 aliphatic carbocycles. The Morgan fingerprint density at radius 2 is 2.26 bits per heavy atom. The third-order valence-corrected chi connectivity index (χ3v) is 4.19. The predicted octanol–water partition coefficient (Wildman–Crippen LogP) is 0.807. The van der Waals surface area contributed by atoms with Crippen LogP contribution < -0.4 is 5.32 Å². The Morgan fingerprint density at radius 3 is 3.00 bits per heavy atom. The lowest BCUT2D eigenvalue weighted by atomic mass is 9.96. The first-order valence-corrected chi connectivity index (χ1v) is 7.86. The molecule has 122 valence electrons. The maximum absolute atomic E-state index is 12.4. The van der Waals surface area contributed by atoms with Crippen molar-refractivity contribution in [2.24, 2.45) is 5.92 Å². The van der Waals surface area contributed by atoms with Crippen LogP contribution in [0.5, 0.6) is 0 Å². The quantitative estimate of drug-likeness (QED) is 0.878. The Hall–Kier alpha value is -2.35. The number of amides is 1. The maximum Gasteiger partial charge on any atom is 0.243 e. The second-order valence-corrected chi connectivity index (χ2v) is 5.86. The topological polar surface area (TPSA) is 88.8 Å². The molecule has 0 radical (unpaired) electrons. The van der Waals surface area contributed by atoms with E-state index in [1.165, 1.54) is 0 Å². The molecule has 1 N–H and O–H groups in total. The number of hydrogen-bond acceptors (Lipinski definition) is 6. The van der Waals surface area contributed by atoms with Gasteiger partial charge in [-0.3, -0.25) is 19.7 Å². The van der Waals surface area contributed by atoms with Crippen molar-refractivity contribution in [2.75, 3.05) is 18.4 Å². The molecular weight excluding hydrogens is 294 g/mol. The van der Waals surface area contributed by atoms with Gasteiger partial charge in [-0.05, 0) is 38.3 Å². The number of piperidine rings is 1. The van der Waals surface area contributed by atoms with Gasteiger partial charge in [0.05, 0.1) is 6.04 Å². The second-order valence-electron chi connectivity index (χ2n) is 5.86. The van der Waals surface area contributed by atoms with Gasteiger partial charge in [0.25, 0.3) is 0 Å². The van der Waals surface area contributed by atoms with E-state index >= 15 is 0 Å². The molecule has 1 saturated heterocycles. The van der Waals surface area contributed by atoms with Crippen molar-refractivity contribution in [3.8, 4) is 0 Å². The van der Waals surface area contributed by atoms with Crippen LogP contribution in [0.3, 0.4) is 0 Å². The number of hydrogen-bond donors (Lipinski definition) is 1. The Labute approximate surface area is 135 Å². The van der Waals surface area contributed by atoms with E-state index < -0.39 is 0 Å². The lowest BCUT2D eigenvalue weighted by Crippen LogP contribution is -2.47. The largest absolute Gasteiger partial charge is 0.293 e. The molecule has 2 aromatic heterocycles. The van der Waals surface area contributed by atoms with Crippen molar-refractivity contribution < 1.29 is 4.79 Å². The zero-order valence-electron chi connectivity index (χ0n) is 13.2. The molecule has 0 saturated carbocycles. The molecule has 2 atom stereocenters. The zero-order chi connectivity index (χ0) is 16.1. The fourth-order valence-electron chi connectivity index (χ4n) is 2.93. The van der Waals surface area contributed by atoms with Crippen molar-refractivity contribution >= 4 is 11.9 Å². The summed E-state index contributed by atoms with van der Waals surface area (Å²) in [5.41, 5.74) is 0. The van der Waals surface area contributed by atoms with Crippen LogP contribution in [0.25, 0.3) is 0 Å². The minimum Gasteiger partial charge on any atom is -0.293 e. The van der Waals surface area contributed by atoms with Crippen molar-refractivity contribution in [1.29, 1.82) is 0 Å². The van der Waals surface area contributed by atoms with E-state index in [1.807, 2.05) is 11.6 Å². The number of nitrogens with one attached hydrogen (secondary N) is 1. The first kappa shape index (κ1) is 15.5. The summed E-state index contributed by atoms with van der Waals surface area (Å²) >= 11 is 0. The lowest BCUT2D eigenvalue weighted by Gasteiger charge is -2.35. The summed E-state index contributed by atoms with van der Waals surface area (Å²) in [4.78, 5) is 26.6. The highest BCUT2D eigenvalue weighted by molar-refractivity contribution is 5.93. The first-order chi connectivity index (χ1) is 11.2. The predicted molar refractivity (Wildman–Crippen MR) is 84.4 cm³/mol. The number of likely N-dealkylation sites (tertiary alicyclic amines) is 1. The molecule has 0 spiro atoms. The van der Waals surface area contributed by atoms with E-state index in [0.29, 0.717) is 11.9 Å². The normalized spacial score (nSPS) is 20.1. The van der Waals surface area contributed by atoms with Gasteiger partial charge in [0, 0.05) is 25.5 Å². The van der Waals surface area contributed by atoms with Gasteiger partial charge in [-0.1, -0.05) is 0 Å². The van der Waals surface area contributed by atoms with Crippen molar-refractivity contribution in [3.63, 3.8) is 0 Å². The van der Waals surface area contributed by atoms with E-state index in [2.05, 4.69) is 30.3 Å². The Balaban J connectivity index is 1.55. The van der Waals surface area contributed by atoms with Crippen LogP contribution in [-0.4, -0.2) is 54.7 Å². The van der Waals surface area contributed by atoms with Gasteiger partial charge in [-0.15, -0.1) is 0 Å². The second kappa shape index (κ2) is 7.28. The fourth-order valence-corrected chi connectivity index (χ4v) is 2.93. The summed E-state index contributed by atoms with van der Waals surface area (Å²) in [5.74, 6) is 0.756. The standard InChI is InChI=1S/C15H21N7O/c1-12(14(23)20-15-17-5-3-6-18-15)21-7-2-4-13(8-21)9-22-11-16-10-19-22/h3,5-6,10-13H,2,4,7-9H2,1H3,(H,17,18,20,23). The number of carbonyl (C=O) groups excluding carboxylic acids is 1. The highest BCUT2D eigenvalue weighted by Gasteiger charge is 2.28. The van der Waals surface area contributed by atoms with Gasteiger partial charge in [-0.25, -0.2) is 15.0 Å². The summed E-state index contributed by atoms with van der Waals surface area (Å²) < 4.78 is 1.86. The molecule has 0 bridgehead atoms. The third kappa shape index (κ3) is 4.10. The molecule has 8 heteroatoms. The van der Waals surface area contributed by atoms with E-state index in [4.69, 9.17) is 0 Å². The Kier molecular flexibility index (Phi) is 4.92. The maximum atomic E-state index is 12.4. The molecule has 0 aromatic carbocycles. The molecular formula is C15H21N7O. The van der Waals surface area contributed by atoms with Crippen LogP contribution in [-0.2, 0) is 11.3 Å². The van der Waals surface area contributed by atoms with Crippen molar-refractivity contribution in [2.45, 2.75) is 32.4 Å². The van der Waals surface area contributed by atoms with E-state index in [1.54, 1.807) is 31.1 Å². The molecule has 2 unspecified atom stereocenters. The number of anilines is 1. The Morgan fingerprint density at radius 1 is 1.43 bits per heavy atom. The van der Waals surface area contributed by atoms with Gasteiger partial charge in [0.1, 0.15) is 12.7 Å². The van der Waals surface area contributed by atoms with Gasteiger partial charge in [0.15, 0.2) is 0 Å². The minimum absolute atomic E-state index is 0.0717.